The van der Waals surface area contributed by atoms with Crippen molar-refractivity contribution in [1.29, 1.82) is 0 Å². The van der Waals surface area contributed by atoms with Crippen LogP contribution in [-0.4, -0.2) is 38.3 Å². The average molecular weight is 373 g/mol. The quantitative estimate of drug-likeness (QED) is 0.748. The van der Waals surface area contributed by atoms with Crippen molar-refractivity contribution in [2.45, 2.75) is 43.9 Å². The molecular weight excluding hydrogens is 348 g/mol. The molecule has 0 unspecified atom stereocenters. The first-order chi connectivity index (χ1) is 11.4. The van der Waals surface area contributed by atoms with Gasteiger partial charge in [-0.05, 0) is 43.5 Å². The van der Waals surface area contributed by atoms with E-state index in [0.29, 0.717) is 24.5 Å². The van der Waals surface area contributed by atoms with Crippen LogP contribution < -0.4 is 5.32 Å². The zero-order valence-electron chi connectivity index (χ0n) is 14.0. The maximum absolute atomic E-state index is 12.7. The fraction of sp³-hybridized carbons (Fsp3) is 0.588. The second kappa shape index (κ2) is 8.83. The Hall–Kier alpha value is -1.11. The van der Waals surface area contributed by atoms with Gasteiger partial charge in [-0.25, -0.2) is 8.42 Å². The predicted molar refractivity (Wildman–Crippen MR) is 95.5 cm³/mol. The summed E-state index contributed by atoms with van der Waals surface area (Å²) in [6.07, 6.45) is 4.57. The molecule has 1 fully saturated rings. The highest BCUT2D eigenvalue weighted by Gasteiger charge is 2.33. The van der Waals surface area contributed by atoms with Gasteiger partial charge in [0.2, 0.25) is 15.9 Å². The van der Waals surface area contributed by atoms with Crippen molar-refractivity contribution in [1.82, 2.24) is 9.62 Å². The van der Waals surface area contributed by atoms with Gasteiger partial charge in [0, 0.05) is 24.7 Å². The van der Waals surface area contributed by atoms with Gasteiger partial charge in [-0.3, -0.25) is 4.79 Å². The zero-order chi connectivity index (χ0) is 17.6. The highest BCUT2D eigenvalue weighted by atomic mass is 35.5. The molecule has 1 saturated heterocycles. The van der Waals surface area contributed by atoms with E-state index in [1.807, 2.05) is 0 Å². The number of carbonyl (C=O) groups excluding carboxylic acids is 1. The number of amides is 1. The van der Waals surface area contributed by atoms with Crippen LogP contribution in [0.1, 0.15) is 39.0 Å². The van der Waals surface area contributed by atoms with Gasteiger partial charge in [0.15, 0.2) is 0 Å². The van der Waals surface area contributed by atoms with Crippen molar-refractivity contribution in [3.8, 4) is 0 Å². The summed E-state index contributed by atoms with van der Waals surface area (Å²) in [7, 11) is -3.58. The fourth-order valence-electron chi connectivity index (χ4n) is 2.86. The molecule has 0 spiro atoms. The average Bonchev–Trinajstić information content (AvgIpc) is 2.59. The maximum atomic E-state index is 12.7. The summed E-state index contributed by atoms with van der Waals surface area (Å²) >= 11 is 5.82. The van der Waals surface area contributed by atoms with Crippen LogP contribution >= 0.6 is 11.6 Å². The Kier molecular flexibility index (Phi) is 7.07. The van der Waals surface area contributed by atoms with E-state index < -0.39 is 10.0 Å². The van der Waals surface area contributed by atoms with Crippen LogP contribution in [-0.2, 0) is 14.8 Å². The number of nitrogens with zero attached hydrogens (tertiary/aromatic N) is 1. The number of unbranched alkanes of at least 4 members (excludes halogenated alkanes) is 2. The highest BCUT2D eigenvalue weighted by molar-refractivity contribution is 7.89. The van der Waals surface area contributed by atoms with E-state index in [1.54, 1.807) is 12.1 Å². The summed E-state index contributed by atoms with van der Waals surface area (Å²) < 4.78 is 26.8. The van der Waals surface area contributed by atoms with E-state index in [-0.39, 0.29) is 23.3 Å². The Morgan fingerprint density at radius 2 is 2.00 bits per heavy atom. The normalized spacial score (nSPS) is 19.2. The van der Waals surface area contributed by atoms with E-state index in [9.17, 15) is 13.2 Å². The lowest BCUT2D eigenvalue weighted by molar-refractivity contribution is -0.126. The molecule has 0 bridgehead atoms. The van der Waals surface area contributed by atoms with E-state index in [0.717, 1.165) is 25.7 Å². The van der Waals surface area contributed by atoms with Crippen LogP contribution in [0, 0.1) is 5.92 Å². The zero-order valence-corrected chi connectivity index (χ0v) is 15.6. The Balaban J connectivity index is 1.99. The van der Waals surface area contributed by atoms with Crippen molar-refractivity contribution in [3.05, 3.63) is 29.3 Å². The second-order valence-electron chi connectivity index (χ2n) is 6.15. The first kappa shape index (κ1) is 19.2. The molecule has 0 radical (unpaired) electrons. The molecule has 1 N–H and O–H groups in total. The minimum atomic E-state index is -3.58. The molecule has 7 heteroatoms. The molecule has 5 nitrogen and oxygen atoms in total. The molecule has 0 saturated carbocycles. The smallest absolute Gasteiger partial charge is 0.243 e. The number of halogens is 1. The molecule has 24 heavy (non-hydrogen) atoms. The molecule has 1 aliphatic rings. The first-order valence-electron chi connectivity index (χ1n) is 8.48. The number of carbonyl (C=O) groups is 1. The number of hydrogen-bond acceptors (Lipinski definition) is 3. The monoisotopic (exact) mass is 372 g/mol. The summed E-state index contributed by atoms with van der Waals surface area (Å²) in [5, 5.41) is 3.43. The summed E-state index contributed by atoms with van der Waals surface area (Å²) in [6, 6.07) is 6.14. The molecule has 134 valence electrons. The summed E-state index contributed by atoms with van der Waals surface area (Å²) in [4.78, 5) is 12.5. The van der Waals surface area contributed by atoms with Crippen molar-refractivity contribution in [2.75, 3.05) is 19.6 Å². The lowest BCUT2D eigenvalue weighted by atomic mass is 9.99. The molecule has 1 heterocycles. The number of sulfonamides is 1. The Bertz CT molecular complexity index is 646. The SMILES string of the molecule is CCCCCNC(=O)[C@@H]1CCCN(S(=O)(=O)c2ccc(Cl)cc2)C1. The van der Waals surface area contributed by atoms with Gasteiger partial charge in [-0.2, -0.15) is 4.31 Å². The van der Waals surface area contributed by atoms with Crippen LogP contribution in [0.3, 0.4) is 0 Å². The first-order valence-corrected chi connectivity index (χ1v) is 10.3. The van der Waals surface area contributed by atoms with E-state index in [1.165, 1.54) is 16.4 Å². The molecule has 1 aromatic rings. The molecule has 1 atom stereocenters. The molecule has 1 amide bonds. The largest absolute Gasteiger partial charge is 0.356 e. The Morgan fingerprint density at radius 1 is 1.29 bits per heavy atom. The highest BCUT2D eigenvalue weighted by Crippen LogP contribution is 2.24. The molecular formula is C17H25ClN2O3S. The number of benzene rings is 1. The van der Waals surface area contributed by atoms with Crippen LogP contribution in [0.25, 0.3) is 0 Å². The third-order valence-electron chi connectivity index (χ3n) is 4.29. The minimum absolute atomic E-state index is 0.0397. The van der Waals surface area contributed by atoms with Crippen LogP contribution in [0.5, 0.6) is 0 Å². The summed E-state index contributed by atoms with van der Waals surface area (Å²) in [5.41, 5.74) is 0. The Labute approximate surface area is 149 Å². The van der Waals surface area contributed by atoms with Gasteiger partial charge in [-0.15, -0.1) is 0 Å². The van der Waals surface area contributed by atoms with Gasteiger partial charge in [-0.1, -0.05) is 31.4 Å². The lowest BCUT2D eigenvalue weighted by Crippen LogP contribution is -2.45. The van der Waals surface area contributed by atoms with E-state index >= 15 is 0 Å². The third-order valence-corrected chi connectivity index (χ3v) is 6.42. The van der Waals surface area contributed by atoms with Gasteiger partial charge in [0.25, 0.3) is 0 Å². The standard InChI is InChI=1S/C17H25ClN2O3S/c1-2-3-4-11-19-17(21)14-6-5-12-20(13-14)24(22,23)16-9-7-15(18)8-10-16/h7-10,14H,2-6,11-13H2,1H3,(H,19,21)/t14-/m1/s1. The van der Waals surface area contributed by atoms with Crippen LogP contribution in [0.4, 0.5) is 0 Å². The van der Waals surface area contributed by atoms with Crippen molar-refractivity contribution in [2.24, 2.45) is 5.92 Å². The van der Waals surface area contributed by atoms with Crippen molar-refractivity contribution < 1.29 is 13.2 Å². The number of hydrogen-bond donors (Lipinski definition) is 1. The van der Waals surface area contributed by atoms with E-state index in [4.69, 9.17) is 11.6 Å². The molecule has 2 rings (SSSR count). The number of nitrogens with one attached hydrogen (secondary N) is 1. The minimum Gasteiger partial charge on any atom is -0.356 e. The molecule has 0 aromatic heterocycles. The van der Waals surface area contributed by atoms with Crippen molar-refractivity contribution >= 4 is 27.5 Å². The lowest BCUT2D eigenvalue weighted by Gasteiger charge is -2.31. The third kappa shape index (κ3) is 4.94. The summed E-state index contributed by atoms with van der Waals surface area (Å²) in [5.74, 6) is -0.315. The van der Waals surface area contributed by atoms with Gasteiger partial charge in [0.1, 0.15) is 0 Å². The van der Waals surface area contributed by atoms with E-state index in [2.05, 4.69) is 12.2 Å². The summed E-state index contributed by atoms with van der Waals surface area (Å²) in [6.45, 7) is 3.46. The van der Waals surface area contributed by atoms with Gasteiger partial charge < -0.3 is 5.32 Å². The van der Waals surface area contributed by atoms with Gasteiger partial charge >= 0.3 is 0 Å². The van der Waals surface area contributed by atoms with Crippen LogP contribution in [0.2, 0.25) is 5.02 Å². The molecule has 1 aromatic carbocycles. The number of piperidine rings is 1. The molecule has 0 aliphatic carbocycles. The molecule has 1 aliphatic heterocycles. The van der Waals surface area contributed by atoms with Gasteiger partial charge in [0.05, 0.1) is 10.8 Å². The second-order valence-corrected chi connectivity index (χ2v) is 8.53. The topological polar surface area (TPSA) is 66.5 Å². The fourth-order valence-corrected chi connectivity index (χ4v) is 4.51. The van der Waals surface area contributed by atoms with Crippen LogP contribution in [0.15, 0.2) is 29.2 Å². The maximum Gasteiger partial charge on any atom is 0.243 e. The van der Waals surface area contributed by atoms with Crippen molar-refractivity contribution in [3.63, 3.8) is 0 Å². The Morgan fingerprint density at radius 3 is 2.67 bits per heavy atom. The predicted octanol–water partition coefficient (Wildman–Crippen LogP) is 3.05. The number of rotatable bonds is 7.